The molecule has 17 heavy (non-hydrogen) atoms. The lowest BCUT2D eigenvalue weighted by molar-refractivity contribution is 0.366. The smallest absolute Gasteiger partial charge is 0.108 e. The second-order valence-electron chi connectivity index (χ2n) is 5.30. The van der Waals surface area contributed by atoms with Crippen molar-refractivity contribution in [2.45, 2.75) is 40.0 Å². The van der Waals surface area contributed by atoms with Crippen LogP contribution in [0.2, 0.25) is 0 Å². The fraction of sp³-hybridized carbons (Fsp3) is 0.786. The summed E-state index contributed by atoms with van der Waals surface area (Å²) in [5, 5.41) is 3.47. The van der Waals surface area contributed by atoms with E-state index in [1.54, 1.807) is 0 Å². The number of hydrogen-bond acceptors (Lipinski definition) is 2. The van der Waals surface area contributed by atoms with Crippen molar-refractivity contribution in [3.8, 4) is 0 Å². The van der Waals surface area contributed by atoms with E-state index in [0.717, 1.165) is 31.3 Å². The summed E-state index contributed by atoms with van der Waals surface area (Å²) in [6.45, 7) is 8.99. The minimum absolute atomic E-state index is 0.770. The van der Waals surface area contributed by atoms with Crippen molar-refractivity contribution in [1.29, 1.82) is 0 Å². The van der Waals surface area contributed by atoms with Crippen LogP contribution in [0.15, 0.2) is 12.4 Å². The van der Waals surface area contributed by atoms with E-state index < -0.39 is 0 Å². The zero-order chi connectivity index (χ0) is 12.7. The molecule has 0 aliphatic carbocycles. The first-order valence-corrected chi connectivity index (χ1v) is 6.80. The zero-order valence-electron chi connectivity index (χ0n) is 11.7. The van der Waals surface area contributed by atoms with Crippen LogP contribution in [0.5, 0.6) is 0 Å². The van der Waals surface area contributed by atoms with E-state index in [-0.39, 0.29) is 0 Å². The summed E-state index contributed by atoms with van der Waals surface area (Å²) in [4.78, 5) is 4.39. The van der Waals surface area contributed by atoms with Gasteiger partial charge in [0.1, 0.15) is 5.82 Å². The standard InChI is InChI=1S/C14H27N3/c1-5-15-11-13(10-12(2)3)6-7-14-16-8-9-17(14)4/h8-9,12-13,15H,5-7,10-11H2,1-4H3. The number of nitrogens with zero attached hydrogens (tertiary/aromatic N) is 2. The molecule has 0 aliphatic heterocycles. The van der Waals surface area contributed by atoms with Crippen LogP contribution in [0.25, 0.3) is 0 Å². The van der Waals surface area contributed by atoms with Gasteiger partial charge in [0, 0.05) is 25.9 Å². The first-order chi connectivity index (χ1) is 8.13. The third-order valence-electron chi connectivity index (χ3n) is 3.18. The Labute approximate surface area is 106 Å². The molecule has 0 aromatic carbocycles. The minimum atomic E-state index is 0.770. The lowest BCUT2D eigenvalue weighted by Gasteiger charge is -2.19. The molecular weight excluding hydrogens is 210 g/mol. The molecule has 0 saturated carbocycles. The SMILES string of the molecule is CCNCC(CCc1nccn1C)CC(C)C. The summed E-state index contributed by atoms with van der Waals surface area (Å²) in [5.74, 6) is 2.75. The highest BCUT2D eigenvalue weighted by Crippen LogP contribution is 2.17. The highest BCUT2D eigenvalue weighted by molar-refractivity contribution is 4.91. The first-order valence-electron chi connectivity index (χ1n) is 6.80. The van der Waals surface area contributed by atoms with Crippen molar-refractivity contribution >= 4 is 0 Å². The molecule has 1 heterocycles. The molecule has 1 N–H and O–H groups in total. The topological polar surface area (TPSA) is 29.9 Å². The van der Waals surface area contributed by atoms with Gasteiger partial charge in [0.2, 0.25) is 0 Å². The fourth-order valence-corrected chi connectivity index (χ4v) is 2.29. The molecule has 0 radical (unpaired) electrons. The molecule has 1 atom stereocenters. The Morgan fingerprint density at radius 2 is 2.18 bits per heavy atom. The Hall–Kier alpha value is -0.830. The average molecular weight is 237 g/mol. The molecule has 1 rings (SSSR count). The molecule has 0 fully saturated rings. The summed E-state index contributed by atoms with van der Waals surface area (Å²) in [5.41, 5.74) is 0. The molecule has 1 aromatic rings. The Bertz CT molecular complexity index is 304. The van der Waals surface area contributed by atoms with E-state index in [0.29, 0.717) is 0 Å². The molecule has 0 aliphatic rings. The van der Waals surface area contributed by atoms with E-state index in [1.807, 2.05) is 12.4 Å². The van der Waals surface area contributed by atoms with Gasteiger partial charge < -0.3 is 9.88 Å². The van der Waals surface area contributed by atoms with E-state index in [1.165, 1.54) is 18.7 Å². The van der Waals surface area contributed by atoms with Crippen molar-refractivity contribution in [2.24, 2.45) is 18.9 Å². The largest absolute Gasteiger partial charge is 0.338 e. The van der Waals surface area contributed by atoms with Crippen LogP contribution < -0.4 is 5.32 Å². The van der Waals surface area contributed by atoms with Gasteiger partial charge in [-0.15, -0.1) is 0 Å². The summed E-state index contributed by atoms with van der Waals surface area (Å²) in [7, 11) is 2.07. The Kier molecular flexibility index (Phi) is 6.27. The molecule has 98 valence electrons. The second kappa shape index (κ2) is 7.49. The zero-order valence-corrected chi connectivity index (χ0v) is 11.7. The van der Waals surface area contributed by atoms with Crippen LogP contribution in [0.1, 0.15) is 39.4 Å². The monoisotopic (exact) mass is 237 g/mol. The molecular formula is C14H27N3. The summed E-state index contributed by atoms with van der Waals surface area (Å²) < 4.78 is 2.12. The van der Waals surface area contributed by atoms with Gasteiger partial charge in [0.25, 0.3) is 0 Å². The highest BCUT2D eigenvalue weighted by Gasteiger charge is 2.11. The number of rotatable bonds is 8. The maximum atomic E-state index is 4.39. The van der Waals surface area contributed by atoms with Crippen molar-refractivity contribution in [3.05, 3.63) is 18.2 Å². The average Bonchev–Trinajstić information content (AvgIpc) is 2.67. The van der Waals surface area contributed by atoms with E-state index in [4.69, 9.17) is 0 Å². The Morgan fingerprint density at radius 3 is 2.71 bits per heavy atom. The molecule has 1 unspecified atom stereocenters. The van der Waals surface area contributed by atoms with Crippen LogP contribution >= 0.6 is 0 Å². The Morgan fingerprint density at radius 1 is 1.41 bits per heavy atom. The van der Waals surface area contributed by atoms with Gasteiger partial charge in [0.05, 0.1) is 0 Å². The Balaban J connectivity index is 2.40. The predicted molar refractivity (Wildman–Crippen MR) is 73.0 cm³/mol. The second-order valence-corrected chi connectivity index (χ2v) is 5.30. The quantitative estimate of drug-likeness (QED) is 0.753. The normalized spacial score (nSPS) is 13.2. The molecule has 1 aromatic heterocycles. The maximum absolute atomic E-state index is 4.39. The number of imidazole rings is 1. The van der Waals surface area contributed by atoms with Crippen molar-refractivity contribution in [1.82, 2.24) is 14.9 Å². The first kappa shape index (κ1) is 14.2. The van der Waals surface area contributed by atoms with E-state index >= 15 is 0 Å². The molecule has 0 spiro atoms. The third-order valence-corrected chi connectivity index (χ3v) is 3.18. The van der Waals surface area contributed by atoms with Gasteiger partial charge in [-0.3, -0.25) is 0 Å². The summed E-state index contributed by atoms with van der Waals surface area (Å²) in [6, 6.07) is 0. The highest BCUT2D eigenvalue weighted by atomic mass is 15.0. The molecule has 3 nitrogen and oxygen atoms in total. The summed E-state index contributed by atoms with van der Waals surface area (Å²) in [6.07, 6.45) is 7.54. The van der Waals surface area contributed by atoms with Gasteiger partial charge in [-0.05, 0) is 37.8 Å². The summed E-state index contributed by atoms with van der Waals surface area (Å²) >= 11 is 0. The van der Waals surface area contributed by atoms with Gasteiger partial charge in [-0.1, -0.05) is 20.8 Å². The number of aromatic nitrogens is 2. The lowest BCUT2D eigenvalue weighted by atomic mass is 9.92. The van der Waals surface area contributed by atoms with Crippen molar-refractivity contribution in [2.75, 3.05) is 13.1 Å². The molecule has 0 saturated heterocycles. The maximum Gasteiger partial charge on any atom is 0.108 e. The number of hydrogen-bond donors (Lipinski definition) is 1. The van der Waals surface area contributed by atoms with Crippen LogP contribution in [0.4, 0.5) is 0 Å². The fourth-order valence-electron chi connectivity index (χ4n) is 2.29. The van der Waals surface area contributed by atoms with Crippen LogP contribution in [-0.2, 0) is 13.5 Å². The lowest BCUT2D eigenvalue weighted by Crippen LogP contribution is -2.24. The van der Waals surface area contributed by atoms with Crippen LogP contribution in [0, 0.1) is 11.8 Å². The van der Waals surface area contributed by atoms with E-state index in [9.17, 15) is 0 Å². The van der Waals surface area contributed by atoms with Crippen LogP contribution in [-0.4, -0.2) is 22.6 Å². The molecule has 0 bridgehead atoms. The minimum Gasteiger partial charge on any atom is -0.338 e. The molecule has 0 amide bonds. The van der Waals surface area contributed by atoms with Crippen LogP contribution in [0.3, 0.4) is 0 Å². The van der Waals surface area contributed by atoms with E-state index in [2.05, 4.69) is 42.7 Å². The van der Waals surface area contributed by atoms with Gasteiger partial charge in [-0.25, -0.2) is 4.98 Å². The van der Waals surface area contributed by atoms with Gasteiger partial charge >= 0.3 is 0 Å². The predicted octanol–water partition coefficient (Wildman–Crippen LogP) is 2.62. The number of aryl methyl sites for hydroxylation is 2. The molecule has 3 heteroatoms. The van der Waals surface area contributed by atoms with Crippen molar-refractivity contribution in [3.63, 3.8) is 0 Å². The van der Waals surface area contributed by atoms with Crippen molar-refractivity contribution < 1.29 is 0 Å². The number of nitrogens with one attached hydrogen (secondary N) is 1. The van der Waals surface area contributed by atoms with Gasteiger partial charge in [-0.2, -0.15) is 0 Å². The van der Waals surface area contributed by atoms with Gasteiger partial charge in [0.15, 0.2) is 0 Å². The third kappa shape index (κ3) is 5.35.